The maximum atomic E-state index is 11.7. The largest absolute Gasteiger partial charge is 0.375 e. The fraction of sp³-hybridized carbons (Fsp3) is 0.320. The lowest BCUT2D eigenvalue weighted by Gasteiger charge is -2.48. The van der Waals surface area contributed by atoms with Crippen LogP contribution in [0.3, 0.4) is 0 Å². The SMILES string of the molecule is COC1[C@@H](Sc2ccc(Cl)c(Cl)c2)OC2COC(c3ccccc3)O[C@@H]2[C@@H]1n1cc(-c2csc(=O)[nH]2)nn1. The van der Waals surface area contributed by atoms with Gasteiger partial charge < -0.3 is 23.9 Å². The standard InChI is InChI=1S/C25H22Cl2N4O5S2/c1-33-22-20(31-10-17(29-30-31)18-12-37-25(32)28-18)21-19(11-34-23(36-21)13-5-3-2-4-6-13)35-24(22)38-14-7-8-15(26)16(27)9-14/h2-10,12,19-24H,11H2,1H3,(H,28,32)/t19?,20-,21-,22?,23?,24+/m0/s1. The van der Waals surface area contributed by atoms with Crippen LogP contribution in [-0.4, -0.2) is 57.4 Å². The number of nitrogens with zero attached hydrogens (tertiary/aromatic N) is 3. The van der Waals surface area contributed by atoms with E-state index in [0.717, 1.165) is 21.8 Å². The van der Waals surface area contributed by atoms with Crippen molar-refractivity contribution in [2.24, 2.45) is 0 Å². The Bertz CT molecular complexity index is 1470. The van der Waals surface area contributed by atoms with Gasteiger partial charge in [0.15, 0.2) is 6.29 Å². The predicted octanol–water partition coefficient (Wildman–Crippen LogP) is 5.19. The number of thioether (sulfide) groups is 1. The van der Waals surface area contributed by atoms with E-state index in [9.17, 15) is 4.79 Å². The molecular weight excluding hydrogens is 571 g/mol. The van der Waals surface area contributed by atoms with Crippen molar-refractivity contribution in [2.75, 3.05) is 13.7 Å². The molecule has 6 rings (SSSR count). The third kappa shape index (κ3) is 5.17. The zero-order valence-electron chi connectivity index (χ0n) is 19.9. The van der Waals surface area contributed by atoms with Gasteiger partial charge in [-0.2, -0.15) is 0 Å². The summed E-state index contributed by atoms with van der Waals surface area (Å²) in [5, 5.41) is 11.4. The lowest BCUT2D eigenvalue weighted by atomic mass is 9.95. The predicted molar refractivity (Wildman–Crippen MR) is 145 cm³/mol. The molecule has 2 fully saturated rings. The van der Waals surface area contributed by atoms with Crippen molar-refractivity contribution in [1.29, 1.82) is 0 Å². The van der Waals surface area contributed by atoms with Gasteiger partial charge in [-0.25, -0.2) is 4.68 Å². The molecule has 1 N–H and O–H groups in total. The smallest absolute Gasteiger partial charge is 0.304 e. The normalized spacial score (nSPS) is 27.2. The number of ether oxygens (including phenoxy) is 4. The molecule has 13 heteroatoms. The summed E-state index contributed by atoms with van der Waals surface area (Å²) in [7, 11) is 1.63. The quantitative estimate of drug-likeness (QED) is 0.326. The number of fused-ring (bicyclic) bond motifs is 1. The second kappa shape index (κ2) is 11.1. The molecule has 0 spiro atoms. The van der Waals surface area contributed by atoms with Crippen LogP contribution in [0.1, 0.15) is 17.9 Å². The van der Waals surface area contributed by atoms with Crippen LogP contribution in [0.5, 0.6) is 0 Å². The van der Waals surface area contributed by atoms with Crippen molar-refractivity contribution in [3.63, 3.8) is 0 Å². The number of hydrogen-bond acceptors (Lipinski definition) is 9. The van der Waals surface area contributed by atoms with Crippen LogP contribution < -0.4 is 4.87 Å². The highest BCUT2D eigenvalue weighted by Gasteiger charge is 2.52. The Morgan fingerprint density at radius 2 is 2.00 bits per heavy atom. The molecule has 2 aromatic heterocycles. The van der Waals surface area contributed by atoms with Gasteiger partial charge in [0, 0.05) is 22.9 Å². The first-order valence-corrected chi connectivity index (χ1v) is 14.2. The number of halogens is 2. The van der Waals surface area contributed by atoms with E-state index < -0.39 is 36.1 Å². The fourth-order valence-electron chi connectivity index (χ4n) is 4.63. The number of hydrogen-bond donors (Lipinski definition) is 1. The Morgan fingerprint density at radius 3 is 2.74 bits per heavy atom. The molecule has 3 unspecified atom stereocenters. The van der Waals surface area contributed by atoms with E-state index >= 15 is 0 Å². The van der Waals surface area contributed by atoms with Crippen molar-refractivity contribution in [2.45, 2.75) is 41.0 Å². The number of H-pyrrole nitrogens is 1. The van der Waals surface area contributed by atoms with Gasteiger partial charge in [-0.05, 0) is 18.2 Å². The van der Waals surface area contributed by atoms with Gasteiger partial charge in [-0.1, -0.05) is 81.8 Å². The number of thiazole rings is 1. The molecule has 6 atom stereocenters. The van der Waals surface area contributed by atoms with E-state index in [1.807, 2.05) is 36.4 Å². The summed E-state index contributed by atoms with van der Waals surface area (Å²) >= 11 is 14.9. The number of aromatic amines is 1. The number of benzene rings is 2. The van der Waals surface area contributed by atoms with Crippen LogP contribution in [0.4, 0.5) is 0 Å². The highest BCUT2D eigenvalue weighted by Crippen LogP contribution is 2.45. The Labute approximate surface area is 236 Å². The summed E-state index contributed by atoms with van der Waals surface area (Å²) in [6.07, 6.45) is -0.132. The Hall–Kier alpha value is -2.22. The number of nitrogens with one attached hydrogen (secondary N) is 1. The third-order valence-corrected chi connectivity index (χ3v) is 8.96. The fourth-order valence-corrected chi connectivity index (χ4v) is 6.77. The molecule has 4 aromatic rings. The molecule has 0 bridgehead atoms. The van der Waals surface area contributed by atoms with Crippen LogP contribution >= 0.6 is 46.3 Å². The summed E-state index contributed by atoms with van der Waals surface area (Å²) in [4.78, 5) is 15.2. The molecule has 9 nitrogen and oxygen atoms in total. The van der Waals surface area contributed by atoms with E-state index in [0.29, 0.717) is 28.0 Å². The first kappa shape index (κ1) is 26.0. The molecule has 2 saturated heterocycles. The summed E-state index contributed by atoms with van der Waals surface area (Å²) in [6.45, 7) is 0.314. The van der Waals surface area contributed by atoms with Crippen LogP contribution in [0.25, 0.3) is 11.4 Å². The lowest BCUT2D eigenvalue weighted by molar-refractivity contribution is -0.308. The van der Waals surface area contributed by atoms with Crippen molar-refractivity contribution in [1.82, 2.24) is 20.0 Å². The average molecular weight is 594 g/mol. The van der Waals surface area contributed by atoms with Crippen molar-refractivity contribution in [3.05, 3.63) is 85.4 Å². The van der Waals surface area contributed by atoms with E-state index in [4.69, 9.17) is 42.1 Å². The summed E-state index contributed by atoms with van der Waals surface area (Å²) in [6, 6.07) is 14.8. The number of rotatable bonds is 6. The Balaban J connectivity index is 1.35. The van der Waals surface area contributed by atoms with E-state index in [1.165, 1.54) is 11.8 Å². The first-order chi connectivity index (χ1) is 18.5. The van der Waals surface area contributed by atoms with Gasteiger partial charge in [0.05, 0.1) is 28.5 Å². The van der Waals surface area contributed by atoms with Crippen molar-refractivity contribution in [3.8, 4) is 11.4 Å². The number of aromatic nitrogens is 4. The molecule has 2 aliphatic rings. The monoisotopic (exact) mass is 592 g/mol. The van der Waals surface area contributed by atoms with Crippen LogP contribution in [0.15, 0.2) is 69.8 Å². The molecule has 198 valence electrons. The molecule has 38 heavy (non-hydrogen) atoms. The second-order valence-corrected chi connectivity index (χ2v) is 11.6. The molecule has 0 amide bonds. The first-order valence-electron chi connectivity index (χ1n) is 11.7. The molecule has 4 heterocycles. The van der Waals surface area contributed by atoms with Gasteiger partial charge in [0.25, 0.3) is 0 Å². The van der Waals surface area contributed by atoms with Crippen LogP contribution in [0, 0.1) is 0 Å². The molecule has 0 aliphatic carbocycles. The van der Waals surface area contributed by atoms with Crippen molar-refractivity contribution < 1.29 is 18.9 Å². The topological polar surface area (TPSA) is 100 Å². The van der Waals surface area contributed by atoms with Gasteiger partial charge in [-0.15, -0.1) is 5.10 Å². The minimum absolute atomic E-state index is 0.160. The molecule has 0 saturated carbocycles. The van der Waals surface area contributed by atoms with Gasteiger partial charge >= 0.3 is 4.87 Å². The maximum Gasteiger partial charge on any atom is 0.304 e. The zero-order chi connectivity index (χ0) is 26.2. The van der Waals surface area contributed by atoms with Crippen molar-refractivity contribution >= 4 is 46.3 Å². The molecule has 0 radical (unpaired) electrons. The summed E-state index contributed by atoms with van der Waals surface area (Å²) in [5.41, 5.74) is 1.60. The maximum absolute atomic E-state index is 11.7. The molecular formula is C25H22Cl2N4O5S2. The van der Waals surface area contributed by atoms with Crippen LogP contribution in [-0.2, 0) is 18.9 Å². The molecule has 2 aliphatic heterocycles. The Kier molecular flexibility index (Phi) is 7.61. The van der Waals surface area contributed by atoms with E-state index in [-0.39, 0.29) is 4.87 Å². The van der Waals surface area contributed by atoms with E-state index in [1.54, 1.807) is 35.5 Å². The number of methoxy groups -OCH3 is 1. The zero-order valence-corrected chi connectivity index (χ0v) is 23.0. The highest BCUT2D eigenvalue weighted by molar-refractivity contribution is 7.99. The summed E-state index contributed by atoms with van der Waals surface area (Å²) in [5.74, 6) is 0. The van der Waals surface area contributed by atoms with Gasteiger partial charge in [-0.3, -0.25) is 4.79 Å². The van der Waals surface area contributed by atoms with Gasteiger partial charge in [0.1, 0.15) is 35.5 Å². The minimum atomic E-state index is -0.573. The molecule has 2 aromatic carbocycles. The van der Waals surface area contributed by atoms with Gasteiger partial charge in [0.2, 0.25) is 0 Å². The third-order valence-electron chi connectivity index (χ3n) is 6.41. The minimum Gasteiger partial charge on any atom is -0.375 e. The summed E-state index contributed by atoms with van der Waals surface area (Å²) < 4.78 is 26.9. The Morgan fingerprint density at radius 1 is 1.16 bits per heavy atom. The average Bonchev–Trinajstić information content (AvgIpc) is 3.59. The second-order valence-electron chi connectivity index (χ2n) is 8.75. The van der Waals surface area contributed by atoms with Crippen LogP contribution in [0.2, 0.25) is 10.0 Å². The van der Waals surface area contributed by atoms with E-state index in [2.05, 4.69) is 15.3 Å². The lowest BCUT2D eigenvalue weighted by Crippen LogP contribution is -2.59. The highest BCUT2D eigenvalue weighted by atomic mass is 35.5.